The van der Waals surface area contributed by atoms with Crippen molar-refractivity contribution >= 4 is 16.9 Å². The number of hydrogen-bond donors (Lipinski definition) is 2. The van der Waals surface area contributed by atoms with Crippen LogP contribution >= 0.6 is 0 Å². The van der Waals surface area contributed by atoms with E-state index in [9.17, 15) is 4.79 Å². The predicted molar refractivity (Wildman–Crippen MR) is 76.5 cm³/mol. The van der Waals surface area contributed by atoms with E-state index >= 15 is 0 Å². The van der Waals surface area contributed by atoms with Crippen LogP contribution in [0.3, 0.4) is 0 Å². The van der Waals surface area contributed by atoms with Gasteiger partial charge in [-0.1, -0.05) is 18.2 Å². The van der Waals surface area contributed by atoms with Gasteiger partial charge in [-0.25, -0.2) is 0 Å². The topological polar surface area (TPSA) is 70.9 Å². The highest BCUT2D eigenvalue weighted by Crippen LogP contribution is 2.31. The van der Waals surface area contributed by atoms with E-state index in [-0.39, 0.29) is 6.42 Å². The van der Waals surface area contributed by atoms with E-state index in [4.69, 9.17) is 5.11 Å². The number of nitrogens with one attached hydrogen (secondary N) is 1. The Balaban J connectivity index is 2.08. The van der Waals surface area contributed by atoms with Crippen LogP contribution in [0, 0.1) is 0 Å². The quantitative estimate of drug-likeness (QED) is 0.764. The molecule has 2 N–H and O–H groups in total. The Hall–Kier alpha value is -2.56. The molecule has 0 saturated heterocycles. The number of carboxylic acid groups (broad SMARTS) is 1. The van der Waals surface area contributed by atoms with Gasteiger partial charge in [-0.05, 0) is 6.07 Å². The molecule has 0 atom stereocenters. The molecule has 0 fully saturated rings. The van der Waals surface area contributed by atoms with Crippen molar-refractivity contribution in [2.75, 3.05) is 0 Å². The van der Waals surface area contributed by atoms with E-state index in [0.29, 0.717) is 6.42 Å². The average molecular weight is 269 g/mol. The second-order valence-electron chi connectivity index (χ2n) is 4.83. The van der Waals surface area contributed by atoms with Crippen molar-refractivity contribution < 1.29 is 9.90 Å². The highest BCUT2D eigenvalue weighted by atomic mass is 16.4. The van der Waals surface area contributed by atoms with Crippen molar-refractivity contribution in [1.82, 2.24) is 14.8 Å². The molecular weight excluding hydrogens is 254 g/mol. The van der Waals surface area contributed by atoms with Crippen molar-refractivity contribution in [3.05, 3.63) is 42.4 Å². The SMILES string of the molecule is Cn1cc(-c2cn[nH]c2CCC(=O)O)c2ccccc21. The second kappa shape index (κ2) is 4.85. The summed E-state index contributed by atoms with van der Waals surface area (Å²) in [6.45, 7) is 0. The van der Waals surface area contributed by atoms with Crippen molar-refractivity contribution in [1.29, 1.82) is 0 Å². The molecule has 20 heavy (non-hydrogen) atoms. The van der Waals surface area contributed by atoms with E-state index in [1.165, 1.54) is 0 Å². The summed E-state index contributed by atoms with van der Waals surface area (Å²) in [5.41, 5.74) is 4.07. The van der Waals surface area contributed by atoms with E-state index in [2.05, 4.69) is 33.1 Å². The fourth-order valence-electron chi connectivity index (χ4n) is 2.52. The molecule has 2 heterocycles. The van der Waals surface area contributed by atoms with Crippen LogP contribution < -0.4 is 0 Å². The van der Waals surface area contributed by atoms with Crippen LogP contribution in [0.5, 0.6) is 0 Å². The maximum absolute atomic E-state index is 10.7. The normalized spacial score (nSPS) is 11.1. The lowest BCUT2D eigenvalue weighted by Gasteiger charge is -2.00. The molecule has 0 bridgehead atoms. The summed E-state index contributed by atoms with van der Waals surface area (Å²) in [6, 6.07) is 8.14. The van der Waals surface area contributed by atoms with E-state index in [1.54, 1.807) is 6.20 Å². The fraction of sp³-hybridized carbons (Fsp3) is 0.200. The number of aryl methyl sites for hydroxylation is 2. The molecule has 1 aromatic carbocycles. The van der Waals surface area contributed by atoms with Gasteiger partial charge in [0.05, 0.1) is 12.6 Å². The maximum Gasteiger partial charge on any atom is 0.303 e. The largest absolute Gasteiger partial charge is 0.481 e. The average Bonchev–Trinajstić information content (AvgIpc) is 3.01. The number of carbonyl (C=O) groups is 1. The van der Waals surface area contributed by atoms with Crippen LogP contribution in [0.2, 0.25) is 0 Å². The number of H-pyrrole nitrogens is 1. The zero-order chi connectivity index (χ0) is 14.1. The summed E-state index contributed by atoms with van der Waals surface area (Å²) in [4.78, 5) is 10.7. The molecule has 3 aromatic rings. The molecule has 0 amide bonds. The molecule has 3 rings (SSSR count). The third-order valence-corrected chi connectivity index (χ3v) is 3.49. The first-order valence-corrected chi connectivity index (χ1v) is 6.45. The van der Waals surface area contributed by atoms with Crippen molar-refractivity contribution in [3.8, 4) is 11.1 Å². The van der Waals surface area contributed by atoms with E-state index in [1.807, 2.05) is 19.2 Å². The van der Waals surface area contributed by atoms with Gasteiger partial charge in [-0.15, -0.1) is 0 Å². The first-order valence-electron chi connectivity index (χ1n) is 6.45. The number of aliphatic carboxylic acids is 1. The lowest BCUT2D eigenvalue weighted by atomic mass is 10.0. The second-order valence-corrected chi connectivity index (χ2v) is 4.83. The number of nitrogens with zero attached hydrogens (tertiary/aromatic N) is 2. The zero-order valence-electron chi connectivity index (χ0n) is 11.1. The molecule has 2 aromatic heterocycles. The summed E-state index contributed by atoms with van der Waals surface area (Å²) in [5.74, 6) is -0.802. The minimum atomic E-state index is -0.802. The fourth-order valence-corrected chi connectivity index (χ4v) is 2.52. The van der Waals surface area contributed by atoms with E-state index < -0.39 is 5.97 Å². The first-order chi connectivity index (χ1) is 9.66. The standard InChI is InChI=1S/C15H15N3O2/c1-18-9-12(10-4-2-3-5-14(10)18)11-8-16-17-13(11)6-7-15(19)20/h2-5,8-9H,6-7H2,1H3,(H,16,17)(H,19,20). The third kappa shape index (κ3) is 2.07. The van der Waals surface area contributed by atoms with Gasteiger partial charge in [-0.3, -0.25) is 9.89 Å². The third-order valence-electron chi connectivity index (χ3n) is 3.49. The predicted octanol–water partition coefficient (Wildman–Crippen LogP) is 2.59. The Morgan fingerprint density at radius 3 is 2.95 bits per heavy atom. The highest BCUT2D eigenvalue weighted by molar-refractivity contribution is 5.96. The lowest BCUT2D eigenvalue weighted by Crippen LogP contribution is -1.98. The number of benzene rings is 1. The van der Waals surface area contributed by atoms with Gasteiger partial charge >= 0.3 is 5.97 Å². The van der Waals surface area contributed by atoms with Gasteiger partial charge in [0.15, 0.2) is 0 Å². The summed E-state index contributed by atoms with van der Waals surface area (Å²) in [7, 11) is 2.00. The first kappa shape index (κ1) is 12.5. The number of aromatic nitrogens is 3. The monoisotopic (exact) mass is 269 g/mol. The molecule has 102 valence electrons. The molecule has 0 aliphatic carbocycles. The van der Waals surface area contributed by atoms with Crippen LogP contribution in [0.25, 0.3) is 22.0 Å². The minimum Gasteiger partial charge on any atom is -0.481 e. The van der Waals surface area contributed by atoms with Gasteiger partial charge < -0.3 is 9.67 Å². The number of rotatable bonds is 4. The smallest absolute Gasteiger partial charge is 0.303 e. The van der Waals surface area contributed by atoms with Crippen LogP contribution in [0.1, 0.15) is 12.1 Å². The summed E-state index contributed by atoms with van der Waals surface area (Å²) in [5, 5.41) is 16.9. The van der Waals surface area contributed by atoms with Gasteiger partial charge in [-0.2, -0.15) is 5.10 Å². The summed E-state index contributed by atoms with van der Waals surface area (Å²) in [6.07, 6.45) is 4.37. The molecule has 0 spiro atoms. The van der Waals surface area contributed by atoms with Gasteiger partial charge in [0.1, 0.15) is 0 Å². The summed E-state index contributed by atoms with van der Waals surface area (Å²) >= 11 is 0. The number of aromatic amines is 1. The lowest BCUT2D eigenvalue weighted by molar-refractivity contribution is -0.136. The molecule has 0 unspecified atom stereocenters. The van der Waals surface area contributed by atoms with Crippen LogP contribution in [0.15, 0.2) is 36.7 Å². The zero-order valence-corrected chi connectivity index (χ0v) is 11.1. The Morgan fingerprint density at radius 1 is 1.35 bits per heavy atom. The number of carboxylic acids is 1. The van der Waals surface area contributed by atoms with Crippen molar-refractivity contribution in [3.63, 3.8) is 0 Å². The molecule has 0 saturated carbocycles. The molecule has 0 aliphatic rings. The van der Waals surface area contributed by atoms with Crippen molar-refractivity contribution in [2.24, 2.45) is 7.05 Å². The Morgan fingerprint density at radius 2 is 2.15 bits per heavy atom. The van der Waals surface area contributed by atoms with Gasteiger partial charge in [0, 0.05) is 47.4 Å². The van der Waals surface area contributed by atoms with Crippen LogP contribution in [-0.4, -0.2) is 25.8 Å². The molecule has 0 radical (unpaired) electrons. The number of hydrogen-bond acceptors (Lipinski definition) is 2. The van der Waals surface area contributed by atoms with E-state index in [0.717, 1.165) is 27.7 Å². The number of fused-ring (bicyclic) bond motifs is 1. The minimum absolute atomic E-state index is 0.0972. The van der Waals surface area contributed by atoms with Gasteiger partial charge in [0.2, 0.25) is 0 Å². The number of para-hydroxylation sites is 1. The summed E-state index contributed by atoms with van der Waals surface area (Å²) < 4.78 is 2.07. The Labute approximate surface area is 115 Å². The molecule has 5 heteroatoms. The Bertz CT molecular complexity index is 770. The molecule has 5 nitrogen and oxygen atoms in total. The van der Waals surface area contributed by atoms with Crippen LogP contribution in [-0.2, 0) is 18.3 Å². The highest BCUT2D eigenvalue weighted by Gasteiger charge is 2.14. The van der Waals surface area contributed by atoms with Crippen molar-refractivity contribution in [2.45, 2.75) is 12.8 Å². The Kier molecular flexibility index (Phi) is 3.02. The van der Waals surface area contributed by atoms with Gasteiger partial charge in [0.25, 0.3) is 0 Å². The maximum atomic E-state index is 10.7. The molecular formula is C15H15N3O2. The van der Waals surface area contributed by atoms with Crippen LogP contribution in [0.4, 0.5) is 0 Å². The molecule has 0 aliphatic heterocycles.